The van der Waals surface area contributed by atoms with Gasteiger partial charge in [-0.15, -0.1) is 24.5 Å². The maximum absolute atomic E-state index is 12.5. The van der Waals surface area contributed by atoms with Crippen molar-refractivity contribution in [1.82, 2.24) is 9.62 Å². The smallest absolute Gasteiger partial charge is 0.405 e. The first-order valence-corrected chi connectivity index (χ1v) is 11.1. The minimum Gasteiger partial charge on any atom is -0.405 e. The van der Waals surface area contributed by atoms with Crippen LogP contribution < -0.4 is 10.1 Å². The van der Waals surface area contributed by atoms with Crippen molar-refractivity contribution < 1.29 is 31.1 Å². The third-order valence-corrected chi connectivity index (χ3v) is 7.76. The molecular formula is C18H19F3N2O4S2. The zero-order chi connectivity index (χ0) is 21.1. The number of carbonyl (C=O) groups excluding carboxylic acids is 1. The Kier molecular flexibility index (Phi) is 6.49. The maximum Gasteiger partial charge on any atom is 0.573 e. The van der Waals surface area contributed by atoms with Crippen LogP contribution in [0.5, 0.6) is 5.75 Å². The predicted octanol–water partition coefficient (Wildman–Crippen LogP) is 3.29. The summed E-state index contributed by atoms with van der Waals surface area (Å²) in [5.41, 5.74) is 0.182. The van der Waals surface area contributed by atoms with E-state index in [9.17, 15) is 26.4 Å². The molecule has 0 aliphatic carbocycles. The molecule has 0 radical (unpaired) electrons. The van der Waals surface area contributed by atoms with Gasteiger partial charge in [-0.25, -0.2) is 8.42 Å². The Hall–Kier alpha value is -2.11. The first-order chi connectivity index (χ1) is 13.6. The van der Waals surface area contributed by atoms with E-state index < -0.39 is 22.3 Å². The summed E-state index contributed by atoms with van der Waals surface area (Å²) in [4.78, 5) is 12.7. The van der Waals surface area contributed by atoms with Crippen LogP contribution in [0.3, 0.4) is 0 Å². The molecule has 1 N–H and O–H groups in total. The maximum atomic E-state index is 12.5. The third-order valence-electron chi connectivity index (χ3n) is 4.31. The monoisotopic (exact) mass is 448 g/mol. The van der Waals surface area contributed by atoms with Crippen LogP contribution in [0.25, 0.3) is 0 Å². The lowest BCUT2D eigenvalue weighted by Gasteiger charge is -2.13. The Morgan fingerprint density at radius 3 is 2.52 bits per heavy atom. The summed E-state index contributed by atoms with van der Waals surface area (Å²) in [6, 6.07) is 8.60. The minimum atomic E-state index is -4.83. The van der Waals surface area contributed by atoms with Crippen LogP contribution in [-0.2, 0) is 27.8 Å². The molecule has 1 fully saturated rings. The number of carbonyl (C=O) groups is 1. The zero-order valence-electron chi connectivity index (χ0n) is 15.2. The van der Waals surface area contributed by atoms with Crippen molar-refractivity contribution in [2.45, 2.75) is 36.4 Å². The fourth-order valence-electron chi connectivity index (χ4n) is 2.94. The zero-order valence-corrected chi connectivity index (χ0v) is 16.9. The van der Waals surface area contributed by atoms with Crippen molar-refractivity contribution in [3.8, 4) is 5.75 Å². The number of hydrogen-bond acceptors (Lipinski definition) is 5. The topological polar surface area (TPSA) is 75.7 Å². The SMILES string of the molecule is O=C(Cc1ccc(S(=O)(=O)N2CCCC2)s1)NCc1ccccc1OC(F)(F)F. The summed E-state index contributed by atoms with van der Waals surface area (Å²) in [5.74, 6) is -0.811. The van der Waals surface area contributed by atoms with E-state index in [4.69, 9.17) is 0 Å². The highest BCUT2D eigenvalue weighted by Gasteiger charge is 2.32. The second kappa shape index (κ2) is 8.72. The summed E-state index contributed by atoms with van der Waals surface area (Å²) < 4.78 is 68.0. The van der Waals surface area contributed by atoms with Gasteiger partial charge in [-0.3, -0.25) is 4.79 Å². The lowest BCUT2D eigenvalue weighted by atomic mass is 10.2. The van der Waals surface area contributed by atoms with E-state index in [1.807, 2.05) is 0 Å². The average molecular weight is 448 g/mol. The van der Waals surface area contributed by atoms with E-state index in [-0.39, 0.29) is 28.5 Å². The Morgan fingerprint density at radius 1 is 1.14 bits per heavy atom. The van der Waals surface area contributed by atoms with Crippen LogP contribution in [0.4, 0.5) is 13.2 Å². The summed E-state index contributed by atoms with van der Waals surface area (Å²) in [6.45, 7) is 0.848. The van der Waals surface area contributed by atoms with Gasteiger partial charge >= 0.3 is 6.36 Å². The summed E-state index contributed by atoms with van der Waals surface area (Å²) in [5, 5.41) is 2.54. The molecule has 2 heterocycles. The molecule has 1 aromatic carbocycles. The summed E-state index contributed by atoms with van der Waals surface area (Å²) in [6.07, 6.45) is -3.23. The Morgan fingerprint density at radius 2 is 1.83 bits per heavy atom. The number of ether oxygens (including phenoxy) is 1. The highest BCUT2D eigenvalue weighted by Crippen LogP contribution is 2.28. The van der Waals surface area contributed by atoms with Crippen molar-refractivity contribution in [2.24, 2.45) is 0 Å². The van der Waals surface area contributed by atoms with Gasteiger partial charge in [0.05, 0.1) is 6.42 Å². The van der Waals surface area contributed by atoms with E-state index in [0.717, 1.165) is 24.2 Å². The number of amides is 1. The van der Waals surface area contributed by atoms with Gasteiger partial charge in [0.2, 0.25) is 5.91 Å². The Balaban J connectivity index is 1.59. The number of sulfonamides is 1. The van der Waals surface area contributed by atoms with Crippen molar-refractivity contribution in [2.75, 3.05) is 13.1 Å². The normalized spacial score (nSPS) is 15.4. The molecule has 1 aliphatic heterocycles. The number of para-hydroxylation sites is 1. The van der Waals surface area contributed by atoms with E-state index >= 15 is 0 Å². The first-order valence-electron chi connectivity index (χ1n) is 8.84. The van der Waals surface area contributed by atoms with Gasteiger partial charge in [0.15, 0.2) is 0 Å². The minimum absolute atomic E-state index is 0.0670. The fourth-order valence-corrected chi connectivity index (χ4v) is 5.96. The van der Waals surface area contributed by atoms with Gasteiger partial charge in [-0.2, -0.15) is 4.31 Å². The third kappa shape index (κ3) is 5.71. The first kappa shape index (κ1) is 21.6. The summed E-state index contributed by atoms with van der Waals surface area (Å²) >= 11 is 1.02. The molecule has 6 nitrogen and oxygen atoms in total. The van der Waals surface area contributed by atoms with Crippen LogP contribution >= 0.6 is 11.3 Å². The lowest BCUT2D eigenvalue weighted by Crippen LogP contribution is -2.27. The van der Waals surface area contributed by atoms with Crippen molar-refractivity contribution in [3.05, 3.63) is 46.8 Å². The van der Waals surface area contributed by atoms with Gasteiger partial charge in [-0.1, -0.05) is 18.2 Å². The van der Waals surface area contributed by atoms with E-state index in [0.29, 0.717) is 18.0 Å². The quantitative estimate of drug-likeness (QED) is 0.705. The molecule has 0 saturated carbocycles. The standard InChI is InChI=1S/C18H19F3N2O4S2/c19-18(20,21)27-15-6-2-1-5-13(15)12-22-16(24)11-14-7-8-17(28-14)29(25,26)23-9-3-4-10-23/h1-2,5-8H,3-4,9-12H2,(H,22,24). The van der Waals surface area contributed by atoms with Crippen LogP contribution in [0.15, 0.2) is 40.6 Å². The fraction of sp³-hybridized carbons (Fsp3) is 0.389. The van der Waals surface area contributed by atoms with Crippen LogP contribution in [-0.4, -0.2) is 38.1 Å². The molecule has 1 saturated heterocycles. The van der Waals surface area contributed by atoms with E-state index in [2.05, 4.69) is 10.1 Å². The molecule has 1 amide bonds. The largest absolute Gasteiger partial charge is 0.573 e. The summed E-state index contributed by atoms with van der Waals surface area (Å²) in [7, 11) is -3.53. The van der Waals surface area contributed by atoms with Crippen molar-refractivity contribution >= 4 is 27.3 Å². The highest BCUT2D eigenvalue weighted by atomic mass is 32.2. The second-order valence-corrected chi connectivity index (χ2v) is 9.77. The molecule has 3 rings (SSSR count). The Bertz CT molecular complexity index is 967. The van der Waals surface area contributed by atoms with Crippen LogP contribution in [0.1, 0.15) is 23.3 Å². The number of halogens is 3. The molecule has 11 heteroatoms. The van der Waals surface area contributed by atoms with Gasteiger partial charge in [0, 0.05) is 30.1 Å². The van der Waals surface area contributed by atoms with E-state index in [1.165, 1.54) is 28.6 Å². The van der Waals surface area contributed by atoms with Crippen molar-refractivity contribution in [3.63, 3.8) is 0 Å². The Labute approximate surface area is 170 Å². The number of nitrogens with zero attached hydrogens (tertiary/aromatic N) is 1. The van der Waals surface area contributed by atoms with Gasteiger partial charge < -0.3 is 10.1 Å². The lowest BCUT2D eigenvalue weighted by molar-refractivity contribution is -0.274. The molecule has 2 aromatic rings. The number of hydrogen-bond donors (Lipinski definition) is 1. The number of nitrogens with one attached hydrogen (secondary N) is 1. The molecule has 1 aliphatic rings. The highest BCUT2D eigenvalue weighted by molar-refractivity contribution is 7.91. The molecule has 0 atom stereocenters. The molecule has 0 bridgehead atoms. The van der Waals surface area contributed by atoms with Crippen molar-refractivity contribution in [1.29, 1.82) is 0 Å². The molecule has 29 heavy (non-hydrogen) atoms. The van der Waals surface area contributed by atoms with E-state index in [1.54, 1.807) is 12.1 Å². The van der Waals surface area contributed by atoms with Crippen LogP contribution in [0.2, 0.25) is 0 Å². The predicted molar refractivity (Wildman–Crippen MR) is 101 cm³/mol. The van der Waals surface area contributed by atoms with Gasteiger partial charge in [-0.05, 0) is 31.0 Å². The molecule has 0 spiro atoms. The second-order valence-electron chi connectivity index (χ2n) is 6.44. The average Bonchev–Trinajstić information content (AvgIpc) is 3.32. The van der Waals surface area contributed by atoms with Crippen LogP contribution in [0, 0.1) is 0 Å². The molecule has 0 unspecified atom stereocenters. The van der Waals surface area contributed by atoms with Gasteiger partial charge in [0.25, 0.3) is 10.0 Å². The molecule has 1 aromatic heterocycles. The number of thiophene rings is 1. The number of alkyl halides is 3. The number of benzene rings is 1. The molecular weight excluding hydrogens is 429 g/mol. The van der Waals surface area contributed by atoms with Gasteiger partial charge in [0.1, 0.15) is 9.96 Å². The molecule has 158 valence electrons. The number of rotatable bonds is 7.